The van der Waals surface area contributed by atoms with Crippen LogP contribution in [0.4, 0.5) is 9.59 Å². The van der Waals surface area contributed by atoms with Gasteiger partial charge < -0.3 is 15.2 Å². The van der Waals surface area contributed by atoms with E-state index in [0.717, 1.165) is 0 Å². The van der Waals surface area contributed by atoms with Crippen LogP contribution in [0.15, 0.2) is 4.99 Å². The number of hydrogen-bond donors (Lipinski definition) is 1. The molecule has 0 rings (SSSR count). The van der Waals surface area contributed by atoms with Gasteiger partial charge in [0.15, 0.2) is 13.2 Å². The average Bonchev–Trinajstić information content (AvgIpc) is 2.10. The Morgan fingerprint density at radius 2 is 1.77 bits per heavy atom. The van der Waals surface area contributed by atoms with Gasteiger partial charge in [-0.2, -0.15) is 4.99 Å². The third-order valence-electron chi connectivity index (χ3n) is 0.861. The number of carbonyl (C=O) groups is 3. The van der Waals surface area contributed by atoms with E-state index in [2.05, 4.69) is 26.9 Å². The Morgan fingerprint density at radius 1 is 1.23 bits per heavy atom. The first-order valence-electron chi connectivity index (χ1n) is 3.13. The number of carbonyl (C=O) groups excluding carboxylic acids is 3. The lowest BCUT2D eigenvalue weighted by Gasteiger charge is -2.00. The molecule has 2 N–H and O–H groups in total. The van der Waals surface area contributed by atoms with Crippen LogP contribution in [0.3, 0.4) is 0 Å². The lowest BCUT2D eigenvalue weighted by atomic mass is 10.4. The summed E-state index contributed by atoms with van der Waals surface area (Å²) in [7, 11) is 0. The van der Waals surface area contributed by atoms with Gasteiger partial charge in [-0.3, -0.25) is 4.79 Å². The molecule has 0 aromatic heterocycles. The smallest absolute Gasteiger partial charge is 0.433 e. The molecule has 0 atom stereocenters. The van der Waals surface area contributed by atoms with Crippen molar-refractivity contribution in [2.24, 2.45) is 10.7 Å². The van der Waals surface area contributed by atoms with E-state index in [-0.39, 0.29) is 0 Å². The second-order valence-electron chi connectivity index (χ2n) is 1.86. The van der Waals surface area contributed by atoms with Gasteiger partial charge in [0.1, 0.15) is 0 Å². The first kappa shape index (κ1) is 11.1. The summed E-state index contributed by atoms with van der Waals surface area (Å²) in [6, 6.07) is 0. The van der Waals surface area contributed by atoms with Gasteiger partial charge in [-0.05, 0) is 6.72 Å². The Kier molecular flexibility index (Phi) is 4.85. The fraction of sp³-hybridized carbons (Fsp3) is 0.333. The van der Waals surface area contributed by atoms with Crippen molar-refractivity contribution in [1.29, 1.82) is 0 Å². The molecule has 0 saturated carbocycles. The lowest BCUT2D eigenvalue weighted by molar-refractivity contribution is -0.124. The molecule has 0 radical (unpaired) electrons. The number of ketones is 1. The van der Waals surface area contributed by atoms with Crippen LogP contribution in [0.5, 0.6) is 0 Å². The number of aliphatic imine (C=N–C) groups is 1. The molecule has 0 aromatic rings. The summed E-state index contributed by atoms with van der Waals surface area (Å²) >= 11 is 0. The van der Waals surface area contributed by atoms with Crippen LogP contribution in [-0.4, -0.2) is 37.9 Å². The second-order valence-corrected chi connectivity index (χ2v) is 1.86. The fourth-order valence-electron chi connectivity index (χ4n) is 0.381. The molecule has 0 bridgehead atoms. The maximum Gasteiger partial charge on any atom is 0.433 e. The molecule has 0 unspecified atom stereocenters. The molecule has 0 fully saturated rings. The Morgan fingerprint density at radius 3 is 2.23 bits per heavy atom. The minimum atomic E-state index is -1.07. The molecule has 13 heavy (non-hydrogen) atoms. The van der Waals surface area contributed by atoms with E-state index in [1.807, 2.05) is 0 Å². The first-order chi connectivity index (χ1) is 6.06. The molecule has 0 aliphatic heterocycles. The summed E-state index contributed by atoms with van der Waals surface area (Å²) in [6.07, 6.45) is -2.03. The van der Waals surface area contributed by atoms with Crippen LogP contribution >= 0.6 is 0 Å². The molecule has 0 saturated heterocycles. The quantitative estimate of drug-likeness (QED) is 0.597. The highest BCUT2D eigenvalue weighted by molar-refractivity contribution is 5.85. The first-order valence-corrected chi connectivity index (χ1v) is 3.13. The highest BCUT2D eigenvalue weighted by Gasteiger charge is 2.07. The van der Waals surface area contributed by atoms with Gasteiger partial charge in [-0.15, -0.1) is 0 Å². The number of amides is 2. The highest BCUT2D eigenvalue weighted by atomic mass is 16.6. The van der Waals surface area contributed by atoms with E-state index in [0.29, 0.717) is 0 Å². The third kappa shape index (κ3) is 6.48. The number of primary amides is 1. The predicted octanol–water partition coefficient (Wildman–Crippen LogP) is -0.512. The van der Waals surface area contributed by atoms with E-state index >= 15 is 0 Å². The van der Waals surface area contributed by atoms with Gasteiger partial charge in [0, 0.05) is 0 Å². The normalized spacial score (nSPS) is 8.62. The van der Waals surface area contributed by atoms with E-state index < -0.39 is 31.2 Å². The zero-order valence-corrected chi connectivity index (χ0v) is 6.69. The second kappa shape index (κ2) is 5.70. The van der Waals surface area contributed by atoms with Crippen molar-refractivity contribution in [3.63, 3.8) is 0 Å². The van der Waals surface area contributed by atoms with Crippen LogP contribution in [0.1, 0.15) is 0 Å². The molecule has 0 aliphatic rings. The minimum Gasteiger partial charge on any atom is -0.442 e. The van der Waals surface area contributed by atoms with E-state index in [1.165, 1.54) is 0 Å². The van der Waals surface area contributed by atoms with Crippen LogP contribution in [0.2, 0.25) is 0 Å². The zero-order chi connectivity index (χ0) is 10.3. The topological polar surface area (TPSA) is 108 Å². The lowest BCUT2D eigenvalue weighted by Crippen LogP contribution is -2.22. The molecule has 7 nitrogen and oxygen atoms in total. The number of nitrogens with zero attached hydrogens (tertiary/aromatic N) is 1. The van der Waals surface area contributed by atoms with Crippen LogP contribution in [0, 0.1) is 0 Å². The van der Waals surface area contributed by atoms with Gasteiger partial charge in [0.25, 0.3) is 0 Å². The van der Waals surface area contributed by atoms with Crippen LogP contribution in [-0.2, 0) is 14.3 Å². The number of Topliss-reactive ketones (excluding diaryl/α,β-unsaturated/α-hetero) is 1. The SMILES string of the molecule is C=NC(=O)OCC(=O)COC(N)=O. The molecule has 7 heteroatoms. The zero-order valence-electron chi connectivity index (χ0n) is 6.69. The Balaban J connectivity index is 3.57. The van der Waals surface area contributed by atoms with Crippen molar-refractivity contribution in [2.75, 3.05) is 13.2 Å². The summed E-state index contributed by atoms with van der Waals surface area (Å²) in [6.45, 7) is 1.82. The number of ether oxygens (including phenoxy) is 2. The summed E-state index contributed by atoms with van der Waals surface area (Å²) in [4.78, 5) is 33.9. The molecular formula is C6H8N2O5. The Labute approximate surface area is 73.5 Å². The van der Waals surface area contributed by atoms with Gasteiger partial charge >= 0.3 is 12.2 Å². The molecule has 0 heterocycles. The maximum atomic E-state index is 10.7. The minimum absolute atomic E-state index is 0.523. The fourth-order valence-corrected chi connectivity index (χ4v) is 0.381. The monoisotopic (exact) mass is 188 g/mol. The van der Waals surface area contributed by atoms with Crippen molar-refractivity contribution in [3.8, 4) is 0 Å². The Bertz CT molecular complexity index is 237. The van der Waals surface area contributed by atoms with Gasteiger partial charge in [-0.25, -0.2) is 9.59 Å². The maximum absolute atomic E-state index is 10.7. The Hall–Kier alpha value is -1.92. The molecule has 2 amide bonds. The van der Waals surface area contributed by atoms with Gasteiger partial charge in [-0.1, -0.05) is 0 Å². The molecule has 0 aromatic carbocycles. The molecule has 72 valence electrons. The van der Waals surface area contributed by atoms with Crippen molar-refractivity contribution in [3.05, 3.63) is 0 Å². The summed E-state index contributed by atoms with van der Waals surface area (Å²) in [5.74, 6) is -0.601. The van der Waals surface area contributed by atoms with Crippen LogP contribution in [0.25, 0.3) is 0 Å². The van der Waals surface area contributed by atoms with Crippen molar-refractivity contribution in [2.45, 2.75) is 0 Å². The standard InChI is InChI=1S/C6H8N2O5/c1-8-6(11)13-3-4(9)2-12-5(7)10/h1-3H2,(H2,7,10). The number of hydrogen-bond acceptors (Lipinski definition) is 5. The van der Waals surface area contributed by atoms with E-state index in [4.69, 9.17) is 0 Å². The summed E-state index contributed by atoms with van der Waals surface area (Å²) < 4.78 is 8.36. The third-order valence-corrected chi connectivity index (χ3v) is 0.861. The molecule has 0 aliphatic carbocycles. The largest absolute Gasteiger partial charge is 0.442 e. The van der Waals surface area contributed by atoms with Gasteiger partial charge in [0.2, 0.25) is 5.78 Å². The van der Waals surface area contributed by atoms with Crippen molar-refractivity contribution in [1.82, 2.24) is 0 Å². The summed E-state index contributed by atoms with van der Waals surface area (Å²) in [5, 5.41) is 0. The number of rotatable bonds is 4. The number of nitrogens with two attached hydrogens (primary N) is 1. The summed E-state index contributed by atoms with van der Waals surface area (Å²) in [5.41, 5.74) is 4.57. The molecule has 0 spiro atoms. The average molecular weight is 188 g/mol. The van der Waals surface area contributed by atoms with E-state index in [9.17, 15) is 14.4 Å². The van der Waals surface area contributed by atoms with E-state index in [1.54, 1.807) is 0 Å². The van der Waals surface area contributed by atoms with Crippen molar-refractivity contribution >= 4 is 24.7 Å². The van der Waals surface area contributed by atoms with Gasteiger partial charge in [0.05, 0.1) is 0 Å². The predicted molar refractivity (Wildman–Crippen MR) is 41.4 cm³/mol. The molecular weight excluding hydrogens is 180 g/mol. The van der Waals surface area contributed by atoms with Crippen molar-refractivity contribution < 1.29 is 23.9 Å². The van der Waals surface area contributed by atoms with Crippen LogP contribution < -0.4 is 5.73 Å². The highest BCUT2D eigenvalue weighted by Crippen LogP contribution is 1.84.